The van der Waals surface area contributed by atoms with Crippen LogP contribution in [0.4, 0.5) is 0 Å². The maximum absolute atomic E-state index is 9.50. The molecule has 4 heteroatoms. The van der Waals surface area contributed by atoms with Crippen molar-refractivity contribution in [2.75, 3.05) is 0 Å². The Kier molecular flexibility index (Phi) is 4.58. The van der Waals surface area contributed by atoms with Crippen LogP contribution in [-0.2, 0) is 6.54 Å². The van der Waals surface area contributed by atoms with Gasteiger partial charge in [0.05, 0.1) is 6.10 Å². The van der Waals surface area contributed by atoms with Crippen LogP contribution >= 0.6 is 0 Å². The van der Waals surface area contributed by atoms with Gasteiger partial charge in [0.25, 0.3) is 0 Å². The van der Waals surface area contributed by atoms with Crippen molar-refractivity contribution in [3.63, 3.8) is 0 Å². The molecule has 1 saturated carbocycles. The summed E-state index contributed by atoms with van der Waals surface area (Å²) in [4.78, 5) is 8.87. The molecule has 1 fully saturated rings. The molecule has 0 saturated heterocycles. The first-order chi connectivity index (χ1) is 10.3. The van der Waals surface area contributed by atoms with Gasteiger partial charge in [0.15, 0.2) is 5.82 Å². The number of aliphatic hydroxyl groups is 1. The van der Waals surface area contributed by atoms with Crippen LogP contribution in [-0.4, -0.2) is 27.2 Å². The zero-order valence-corrected chi connectivity index (χ0v) is 12.1. The summed E-state index contributed by atoms with van der Waals surface area (Å²) in [5.41, 5.74) is 2.14. The highest BCUT2D eigenvalue weighted by molar-refractivity contribution is 5.53. The van der Waals surface area contributed by atoms with Crippen molar-refractivity contribution in [1.29, 1.82) is 0 Å². The van der Waals surface area contributed by atoms with Gasteiger partial charge in [-0.25, -0.2) is 9.97 Å². The van der Waals surface area contributed by atoms with Gasteiger partial charge in [0.2, 0.25) is 0 Å². The van der Waals surface area contributed by atoms with Gasteiger partial charge in [-0.05, 0) is 25.7 Å². The summed E-state index contributed by atoms with van der Waals surface area (Å²) in [6.07, 6.45) is 7.58. The fourth-order valence-corrected chi connectivity index (χ4v) is 2.72. The number of aromatic nitrogens is 2. The topological polar surface area (TPSA) is 58.0 Å². The predicted molar refractivity (Wildman–Crippen MR) is 82.6 cm³/mol. The Morgan fingerprint density at radius 1 is 1.00 bits per heavy atom. The maximum Gasteiger partial charge on any atom is 0.159 e. The first-order valence-corrected chi connectivity index (χ1v) is 7.59. The highest BCUT2D eigenvalue weighted by atomic mass is 16.3. The number of benzene rings is 1. The van der Waals surface area contributed by atoms with Crippen LogP contribution in [0, 0.1) is 0 Å². The number of aliphatic hydroxyl groups excluding tert-OH is 1. The van der Waals surface area contributed by atoms with E-state index in [4.69, 9.17) is 0 Å². The maximum atomic E-state index is 9.50. The molecule has 0 spiro atoms. The van der Waals surface area contributed by atoms with E-state index >= 15 is 0 Å². The molecular formula is C17H21N3O. The number of nitrogens with one attached hydrogen (secondary N) is 1. The predicted octanol–water partition coefficient (Wildman–Crippen LogP) is 2.54. The van der Waals surface area contributed by atoms with Gasteiger partial charge < -0.3 is 10.4 Å². The van der Waals surface area contributed by atoms with Crippen molar-refractivity contribution in [3.8, 4) is 11.4 Å². The fraction of sp³-hybridized carbons (Fsp3) is 0.412. The molecule has 0 bridgehead atoms. The molecule has 110 valence electrons. The molecule has 1 aliphatic carbocycles. The number of nitrogens with zero attached hydrogens (tertiary/aromatic N) is 2. The van der Waals surface area contributed by atoms with Crippen LogP contribution in [0.3, 0.4) is 0 Å². The second-order valence-corrected chi connectivity index (χ2v) is 5.67. The first-order valence-electron chi connectivity index (χ1n) is 7.59. The van der Waals surface area contributed by atoms with Crippen LogP contribution < -0.4 is 5.32 Å². The van der Waals surface area contributed by atoms with E-state index < -0.39 is 0 Å². The normalized spacial score (nSPS) is 22.1. The van der Waals surface area contributed by atoms with Gasteiger partial charge in [-0.2, -0.15) is 0 Å². The van der Waals surface area contributed by atoms with Gasteiger partial charge in [0, 0.05) is 36.1 Å². The molecule has 1 aromatic heterocycles. The van der Waals surface area contributed by atoms with Gasteiger partial charge in [0.1, 0.15) is 0 Å². The summed E-state index contributed by atoms with van der Waals surface area (Å²) >= 11 is 0. The average molecular weight is 283 g/mol. The standard InChI is InChI=1S/C17H21N3O/c21-16-8-6-15(7-9-16)18-10-13-11-19-17(20-12-13)14-4-2-1-3-5-14/h1-5,11-12,15-16,18,21H,6-10H2. The third kappa shape index (κ3) is 3.86. The summed E-state index contributed by atoms with van der Waals surface area (Å²) in [7, 11) is 0. The largest absolute Gasteiger partial charge is 0.393 e. The molecule has 1 aromatic carbocycles. The lowest BCUT2D eigenvalue weighted by Crippen LogP contribution is -2.34. The van der Waals surface area contributed by atoms with Crippen molar-refractivity contribution < 1.29 is 5.11 Å². The van der Waals surface area contributed by atoms with Crippen LogP contribution in [0.15, 0.2) is 42.7 Å². The molecule has 4 nitrogen and oxygen atoms in total. The molecule has 0 aliphatic heterocycles. The molecule has 21 heavy (non-hydrogen) atoms. The molecule has 1 heterocycles. The number of hydrogen-bond acceptors (Lipinski definition) is 4. The van der Waals surface area contributed by atoms with E-state index in [2.05, 4.69) is 15.3 Å². The van der Waals surface area contributed by atoms with Crippen LogP contribution in [0.1, 0.15) is 31.2 Å². The zero-order valence-electron chi connectivity index (χ0n) is 12.1. The molecule has 0 amide bonds. The van der Waals surface area contributed by atoms with Crippen LogP contribution in [0.5, 0.6) is 0 Å². The van der Waals surface area contributed by atoms with E-state index in [1.54, 1.807) is 0 Å². The first kappa shape index (κ1) is 14.2. The molecule has 0 unspecified atom stereocenters. The lowest BCUT2D eigenvalue weighted by Gasteiger charge is -2.26. The fourth-order valence-electron chi connectivity index (χ4n) is 2.72. The summed E-state index contributed by atoms with van der Waals surface area (Å²) in [5.74, 6) is 0.764. The minimum Gasteiger partial charge on any atom is -0.393 e. The molecule has 1 aliphatic rings. The van der Waals surface area contributed by atoms with Crippen molar-refractivity contribution >= 4 is 0 Å². The van der Waals surface area contributed by atoms with E-state index in [-0.39, 0.29) is 6.10 Å². The Balaban J connectivity index is 1.55. The Labute approximate surface area is 125 Å². The van der Waals surface area contributed by atoms with Gasteiger partial charge in [-0.15, -0.1) is 0 Å². The van der Waals surface area contributed by atoms with Crippen molar-refractivity contribution in [1.82, 2.24) is 15.3 Å². The average Bonchev–Trinajstić information content (AvgIpc) is 2.56. The SMILES string of the molecule is OC1CCC(NCc2cnc(-c3ccccc3)nc2)CC1. The van der Waals surface area contributed by atoms with E-state index in [0.717, 1.165) is 49.2 Å². The minimum absolute atomic E-state index is 0.100. The lowest BCUT2D eigenvalue weighted by atomic mass is 9.93. The van der Waals surface area contributed by atoms with Crippen LogP contribution in [0.25, 0.3) is 11.4 Å². The summed E-state index contributed by atoms with van der Waals surface area (Å²) in [6, 6.07) is 10.5. The Morgan fingerprint density at radius 2 is 1.67 bits per heavy atom. The number of hydrogen-bond donors (Lipinski definition) is 2. The molecule has 3 rings (SSSR count). The van der Waals surface area contributed by atoms with E-state index in [9.17, 15) is 5.11 Å². The highest BCUT2D eigenvalue weighted by Gasteiger charge is 2.18. The van der Waals surface area contributed by atoms with Gasteiger partial charge >= 0.3 is 0 Å². The Bertz CT molecular complexity index is 548. The Morgan fingerprint density at radius 3 is 2.33 bits per heavy atom. The highest BCUT2D eigenvalue weighted by Crippen LogP contribution is 2.19. The van der Waals surface area contributed by atoms with E-state index in [1.807, 2.05) is 42.7 Å². The van der Waals surface area contributed by atoms with Gasteiger partial charge in [-0.3, -0.25) is 0 Å². The van der Waals surface area contributed by atoms with Crippen LogP contribution in [0.2, 0.25) is 0 Å². The van der Waals surface area contributed by atoms with Crippen molar-refractivity contribution in [3.05, 3.63) is 48.3 Å². The third-order valence-corrected chi connectivity index (χ3v) is 4.03. The van der Waals surface area contributed by atoms with Gasteiger partial charge in [-0.1, -0.05) is 30.3 Å². The molecule has 0 radical (unpaired) electrons. The summed E-state index contributed by atoms with van der Waals surface area (Å²) in [6.45, 7) is 0.788. The van der Waals surface area contributed by atoms with E-state index in [0.29, 0.717) is 6.04 Å². The van der Waals surface area contributed by atoms with Crippen molar-refractivity contribution in [2.45, 2.75) is 44.4 Å². The zero-order chi connectivity index (χ0) is 14.5. The minimum atomic E-state index is -0.100. The molecule has 2 aromatic rings. The van der Waals surface area contributed by atoms with E-state index in [1.165, 1.54) is 0 Å². The quantitative estimate of drug-likeness (QED) is 0.905. The smallest absolute Gasteiger partial charge is 0.159 e. The number of rotatable bonds is 4. The molecular weight excluding hydrogens is 262 g/mol. The van der Waals surface area contributed by atoms with Crippen molar-refractivity contribution in [2.24, 2.45) is 0 Å². The Hall–Kier alpha value is -1.78. The summed E-state index contributed by atoms with van der Waals surface area (Å²) in [5, 5.41) is 13.0. The molecule has 0 atom stereocenters. The molecule has 2 N–H and O–H groups in total. The second kappa shape index (κ2) is 6.78. The third-order valence-electron chi connectivity index (χ3n) is 4.03. The monoisotopic (exact) mass is 283 g/mol. The summed E-state index contributed by atoms with van der Waals surface area (Å²) < 4.78 is 0. The second-order valence-electron chi connectivity index (χ2n) is 5.67. The lowest BCUT2D eigenvalue weighted by molar-refractivity contribution is 0.116.